The summed E-state index contributed by atoms with van der Waals surface area (Å²) >= 11 is 0. The summed E-state index contributed by atoms with van der Waals surface area (Å²) in [6.07, 6.45) is 5.19. The molecule has 2 saturated heterocycles. The van der Waals surface area contributed by atoms with E-state index in [9.17, 15) is 13.2 Å². The van der Waals surface area contributed by atoms with Gasteiger partial charge in [-0.2, -0.15) is 4.31 Å². The molecule has 9 heteroatoms. The second-order valence-electron chi connectivity index (χ2n) is 7.82. The van der Waals surface area contributed by atoms with Crippen molar-refractivity contribution >= 4 is 21.6 Å². The number of hydrogen-bond donors (Lipinski definition) is 1. The largest absolute Gasteiger partial charge is 0.381 e. The molecule has 156 valence electrons. The summed E-state index contributed by atoms with van der Waals surface area (Å²) in [5.74, 6) is 0.403. The van der Waals surface area contributed by atoms with E-state index in [1.165, 1.54) is 0 Å². The van der Waals surface area contributed by atoms with Gasteiger partial charge in [-0.25, -0.2) is 13.4 Å². The van der Waals surface area contributed by atoms with Gasteiger partial charge in [0.25, 0.3) is 5.91 Å². The van der Waals surface area contributed by atoms with Crippen molar-refractivity contribution in [2.45, 2.75) is 11.4 Å². The van der Waals surface area contributed by atoms with E-state index >= 15 is 0 Å². The average molecular weight is 426 g/mol. The van der Waals surface area contributed by atoms with E-state index in [4.69, 9.17) is 4.74 Å². The predicted molar refractivity (Wildman–Crippen MR) is 109 cm³/mol. The van der Waals surface area contributed by atoms with Crippen LogP contribution >= 0.6 is 0 Å². The minimum Gasteiger partial charge on any atom is -0.381 e. The van der Waals surface area contributed by atoms with E-state index in [2.05, 4.69) is 10.3 Å². The number of pyridine rings is 1. The molecule has 0 spiro atoms. The average Bonchev–Trinajstić information content (AvgIpc) is 3.47. The van der Waals surface area contributed by atoms with Crippen molar-refractivity contribution < 1.29 is 17.9 Å². The summed E-state index contributed by atoms with van der Waals surface area (Å²) < 4.78 is 34.6. The maximum atomic E-state index is 12.9. The molecule has 3 aromatic rings. The Bertz CT molecular complexity index is 1180. The van der Waals surface area contributed by atoms with Crippen LogP contribution in [0.2, 0.25) is 0 Å². The molecule has 2 fully saturated rings. The predicted octanol–water partition coefficient (Wildman–Crippen LogP) is 1.53. The van der Waals surface area contributed by atoms with Gasteiger partial charge in [-0.15, -0.1) is 0 Å². The second-order valence-corrected chi connectivity index (χ2v) is 9.75. The van der Waals surface area contributed by atoms with Crippen molar-refractivity contribution in [3.63, 3.8) is 0 Å². The van der Waals surface area contributed by atoms with Crippen LogP contribution in [-0.4, -0.2) is 54.3 Å². The highest BCUT2D eigenvalue weighted by Crippen LogP contribution is 2.32. The number of nitrogens with one attached hydrogen (secondary N) is 1. The topological polar surface area (TPSA) is 93.0 Å². The number of rotatable bonds is 5. The molecule has 5 rings (SSSR count). The number of hydrogen-bond acceptors (Lipinski definition) is 5. The number of imidazole rings is 1. The lowest BCUT2D eigenvalue weighted by Gasteiger charge is -2.17. The Balaban J connectivity index is 1.23. The van der Waals surface area contributed by atoms with Gasteiger partial charge < -0.3 is 14.5 Å². The molecule has 8 nitrogen and oxygen atoms in total. The molecule has 4 heterocycles. The Morgan fingerprint density at radius 1 is 1.10 bits per heavy atom. The van der Waals surface area contributed by atoms with E-state index in [1.807, 2.05) is 0 Å². The maximum Gasteiger partial charge on any atom is 0.253 e. The van der Waals surface area contributed by atoms with Crippen LogP contribution in [-0.2, 0) is 21.3 Å². The third kappa shape index (κ3) is 3.49. The number of nitrogens with zero attached hydrogens (tertiary/aromatic N) is 3. The highest BCUT2D eigenvalue weighted by Gasteiger charge is 2.42. The Morgan fingerprint density at radius 2 is 1.83 bits per heavy atom. The molecule has 1 N–H and O–H groups in total. The Hall–Kier alpha value is -2.75. The van der Waals surface area contributed by atoms with Crippen molar-refractivity contribution in [3.8, 4) is 0 Å². The Kier molecular flexibility index (Phi) is 4.80. The first-order valence-electron chi connectivity index (χ1n) is 9.88. The SMILES string of the molecule is O=C(NCc1ccc(S(=O)(=O)N2CC3COCC3C2)cc1)c1ccc2nccn2c1. The molecular formula is C21H22N4O4S. The number of carbonyl (C=O) groups excluding carboxylic acids is 1. The highest BCUT2D eigenvalue weighted by molar-refractivity contribution is 7.89. The van der Waals surface area contributed by atoms with E-state index in [0.29, 0.717) is 50.2 Å². The number of ether oxygens (including phenoxy) is 1. The van der Waals surface area contributed by atoms with Crippen LogP contribution in [0.25, 0.3) is 5.65 Å². The third-order valence-corrected chi connectivity index (χ3v) is 7.72. The quantitative estimate of drug-likeness (QED) is 0.668. The van der Waals surface area contributed by atoms with E-state index < -0.39 is 10.0 Å². The monoisotopic (exact) mass is 426 g/mol. The van der Waals surface area contributed by atoms with Crippen molar-refractivity contribution in [2.75, 3.05) is 26.3 Å². The lowest BCUT2D eigenvalue weighted by atomic mass is 10.0. The lowest BCUT2D eigenvalue weighted by Crippen LogP contribution is -2.30. The summed E-state index contributed by atoms with van der Waals surface area (Å²) in [5, 5.41) is 2.87. The van der Waals surface area contributed by atoms with Crippen LogP contribution < -0.4 is 5.32 Å². The van der Waals surface area contributed by atoms with Gasteiger partial charge in [0.15, 0.2) is 0 Å². The molecule has 2 atom stereocenters. The number of carbonyl (C=O) groups is 1. The van der Waals surface area contributed by atoms with Gasteiger partial charge in [-0.3, -0.25) is 4.79 Å². The molecule has 2 unspecified atom stereocenters. The summed E-state index contributed by atoms with van der Waals surface area (Å²) in [6.45, 7) is 2.64. The molecule has 0 saturated carbocycles. The van der Waals surface area contributed by atoms with Crippen LogP contribution in [0.1, 0.15) is 15.9 Å². The second kappa shape index (κ2) is 7.50. The zero-order chi connectivity index (χ0) is 20.7. The van der Waals surface area contributed by atoms with Crippen molar-refractivity contribution in [2.24, 2.45) is 11.8 Å². The minimum atomic E-state index is -3.51. The van der Waals surface area contributed by atoms with Gasteiger partial charge in [0.05, 0.1) is 23.7 Å². The van der Waals surface area contributed by atoms with Gasteiger partial charge in [0.2, 0.25) is 10.0 Å². The summed E-state index contributed by atoms with van der Waals surface area (Å²) in [6, 6.07) is 10.2. The van der Waals surface area contributed by atoms with Crippen LogP contribution in [0.5, 0.6) is 0 Å². The standard InChI is InChI=1S/C21H22N4O4S/c26-21(16-3-6-20-22-7-8-24(20)10-16)23-9-15-1-4-19(5-2-15)30(27,28)25-11-17-13-29-14-18(17)12-25/h1-8,10,17-18H,9,11-14H2,(H,23,26). The number of sulfonamides is 1. The summed E-state index contributed by atoms with van der Waals surface area (Å²) in [4.78, 5) is 16.9. The highest BCUT2D eigenvalue weighted by atomic mass is 32.2. The maximum absolute atomic E-state index is 12.9. The minimum absolute atomic E-state index is 0.201. The van der Waals surface area contributed by atoms with Crippen LogP contribution in [0.3, 0.4) is 0 Å². The van der Waals surface area contributed by atoms with Crippen LogP contribution in [0, 0.1) is 11.8 Å². The molecule has 1 aromatic carbocycles. The molecule has 30 heavy (non-hydrogen) atoms. The fourth-order valence-electron chi connectivity index (χ4n) is 4.11. The first kappa shape index (κ1) is 19.2. The molecule has 1 amide bonds. The van der Waals surface area contributed by atoms with Crippen molar-refractivity contribution in [3.05, 3.63) is 66.1 Å². The Labute approximate surface area is 174 Å². The number of fused-ring (bicyclic) bond motifs is 2. The zero-order valence-electron chi connectivity index (χ0n) is 16.3. The van der Waals surface area contributed by atoms with Gasteiger partial charge in [0.1, 0.15) is 5.65 Å². The van der Waals surface area contributed by atoms with Gasteiger partial charge in [0, 0.05) is 50.1 Å². The van der Waals surface area contributed by atoms with Crippen molar-refractivity contribution in [1.82, 2.24) is 19.0 Å². The van der Waals surface area contributed by atoms with Gasteiger partial charge in [-0.1, -0.05) is 12.1 Å². The smallest absolute Gasteiger partial charge is 0.253 e. The zero-order valence-corrected chi connectivity index (χ0v) is 17.1. The lowest BCUT2D eigenvalue weighted by molar-refractivity contribution is 0.0950. The van der Waals surface area contributed by atoms with Crippen molar-refractivity contribution in [1.29, 1.82) is 0 Å². The fourth-order valence-corrected chi connectivity index (χ4v) is 5.66. The van der Waals surface area contributed by atoms with E-state index in [0.717, 1.165) is 11.2 Å². The van der Waals surface area contributed by atoms with Gasteiger partial charge in [-0.05, 0) is 29.8 Å². The number of amides is 1. The molecule has 2 aliphatic heterocycles. The molecule has 2 aromatic heterocycles. The van der Waals surface area contributed by atoms with E-state index in [1.54, 1.807) is 63.7 Å². The van der Waals surface area contributed by atoms with Gasteiger partial charge >= 0.3 is 0 Å². The third-order valence-electron chi connectivity index (χ3n) is 5.87. The Morgan fingerprint density at radius 3 is 2.57 bits per heavy atom. The molecule has 0 radical (unpaired) electrons. The molecular weight excluding hydrogens is 404 g/mol. The summed E-state index contributed by atoms with van der Waals surface area (Å²) in [7, 11) is -3.51. The fraction of sp³-hybridized carbons (Fsp3) is 0.333. The first-order valence-corrected chi connectivity index (χ1v) is 11.3. The van der Waals surface area contributed by atoms with E-state index in [-0.39, 0.29) is 10.8 Å². The number of benzene rings is 1. The number of aromatic nitrogens is 2. The molecule has 0 aliphatic carbocycles. The van der Waals surface area contributed by atoms with Crippen LogP contribution in [0.4, 0.5) is 0 Å². The first-order chi connectivity index (χ1) is 14.5. The van der Waals surface area contributed by atoms with Crippen LogP contribution in [0.15, 0.2) is 59.9 Å². The molecule has 2 aliphatic rings. The summed E-state index contributed by atoms with van der Waals surface area (Å²) in [5.41, 5.74) is 2.14. The normalized spacial score (nSPS) is 21.7. The molecule has 0 bridgehead atoms.